The van der Waals surface area contributed by atoms with Crippen LogP contribution in [0.3, 0.4) is 0 Å². The molecule has 0 bridgehead atoms. The van der Waals surface area contributed by atoms with Crippen molar-refractivity contribution < 1.29 is 4.79 Å². The maximum Gasteiger partial charge on any atom is 0.149 e. The Kier molecular flexibility index (Phi) is 8.98. The fourth-order valence-electron chi connectivity index (χ4n) is 7.49. The lowest BCUT2D eigenvalue weighted by Gasteiger charge is -2.43. The lowest BCUT2D eigenvalue weighted by molar-refractivity contribution is -0.117. The molecule has 1 aliphatic carbocycles. The van der Waals surface area contributed by atoms with Crippen molar-refractivity contribution in [2.75, 3.05) is 26.2 Å². The Morgan fingerprint density at radius 3 is 2.44 bits per heavy atom. The number of aromatic nitrogens is 4. The highest BCUT2D eigenvalue weighted by Crippen LogP contribution is 2.42. The second-order valence-corrected chi connectivity index (χ2v) is 13.0. The number of rotatable bonds is 11. The number of likely N-dealkylation sites (tertiary alicyclic amines) is 2. The Morgan fingerprint density at radius 2 is 1.71 bits per heavy atom. The third kappa shape index (κ3) is 7.34. The van der Waals surface area contributed by atoms with Crippen molar-refractivity contribution in [1.29, 1.82) is 0 Å². The predicted molar refractivity (Wildman–Crippen MR) is 161 cm³/mol. The highest BCUT2D eigenvalue weighted by molar-refractivity contribution is 5.75. The summed E-state index contributed by atoms with van der Waals surface area (Å²) in [6.07, 6.45) is 18.6. The van der Waals surface area contributed by atoms with E-state index in [1.165, 1.54) is 88.7 Å². The van der Waals surface area contributed by atoms with Gasteiger partial charge in [-0.3, -0.25) is 14.6 Å². The lowest BCUT2D eigenvalue weighted by atomic mass is 9.77. The molecule has 1 aromatic carbocycles. The standard InChI is InChI=1S/C33H47N7O/c1-27(41)21-40-20-16-36-32(40)25-38(24-31-34-14-15-35-31)23-29-9-7-28(8-10-29)22-37-17-11-33(26-37)12-18-39(19-13-33)30-5-3-2-4-6-30/h7-10,14-16,20,30H,2-6,11-13,17-19,21-26H2,1H3,(H,34,35). The molecule has 0 radical (unpaired) electrons. The van der Waals surface area contributed by atoms with E-state index >= 15 is 0 Å². The average Bonchev–Trinajstić information content (AvgIpc) is 3.74. The highest BCUT2D eigenvalue weighted by Gasteiger charge is 2.41. The summed E-state index contributed by atoms with van der Waals surface area (Å²) >= 11 is 0. The van der Waals surface area contributed by atoms with Crippen molar-refractivity contribution >= 4 is 5.78 Å². The number of aromatic amines is 1. The number of carbonyl (C=O) groups is 1. The van der Waals surface area contributed by atoms with E-state index in [1.54, 1.807) is 19.3 Å². The number of Topliss-reactive ketones (excluding diaryl/α,β-unsaturated/α-hetero) is 1. The summed E-state index contributed by atoms with van der Waals surface area (Å²) in [6.45, 7) is 10.3. The van der Waals surface area contributed by atoms with Gasteiger partial charge in [0.15, 0.2) is 0 Å². The van der Waals surface area contributed by atoms with Gasteiger partial charge in [-0.05, 0) is 75.2 Å². The normalized spacial score (nSPS) is 20.3. The van der Waals surface area contributed by atoms with Crippen LogP contribution >= 0.6 is 0 Å². The van der Waals surface area contributed by atoms with Crippen LogP contribution in [0, 0.1) is 5.41 Å². The van der Waals surface area contributed by atoms with Crippen molar-refractivity contribution in [3.8, 4) is 0 Å². The molecule has 0 atom stereocenters. The summed E-state index contributed by atoms with van der Waals surface area (Å²) in [5.74, 6) is 1.96. The van der Waals surface area contributed by atoms with Crippen LogP contribution in [-0.2, 0) is 37.5 Å². The third-order valence-electron chi connectivity index (χ3n) is 9.79. The number of piperidine rings is 1. The number of imidazole rings is 2. The van der Waals surface area contributed by atoms with Crippen LogP contribution in [0.5, 0.6) is 0 Å². The molecule has 1 saturated carbocycles. The molecule has 3 fully saturated rings. The number of hydrogen-bond donors (Lipinski definition) is 1. The van der Waals surface area contributed by atoms with Gasteiger partial charge in [0.25, 0.3) is 0 Å². The highest BCUT2D eigenvalue weighted by atomic mass is 16.1. The van der Waals surface area contributed by atoms with E-state index in [0.29, 0.717) is 25.0 Å². The summed E-state index contributed by atoms with van der Waals surface area (Å²) in [7, 11) is 0. The van der Waals surface area contributed by atoms with Crippen molar-refractivity contribution in [1.82, 2.24) is 34.2 Å². The molecule has 2 saturated heterocycles. The Labute approximate surface area is 245 Å². The minimum absolute atomic E-state index is 0.131. The SMILES string of the molecule is CC(=O)Cn1ccnc1CN(Cc1ccc(CN2CCC3(CCN(C4CCCCC4)CC3)C2)cc1)Cc1ncc[nH]1. The van der Waals surface area contributed by atoms with Gasteiger partial charge in [-0.2, -0.15) is 0 Å². The first-order chi connectivity index (χ1) is 20.0. The summed E-state index contributed by atoms with van der Waals surface area (Å²) < 4.78 is 1.95. The summed E-state index contributed by atoms with van der Waals surface area (Å²) in [4.78, 5) is 31.8. The van der Waals surface area contributed by atoms with Gasteiger partial charge in [0.1, 0.15) is 17.4 Å². The van der Waals surface area contributed by atoms with E-state index in [9.17, 15) is 4.79 Å². The minimum Gasteiger partial charge on any atom is -0.348 e. The Morgan fingerprint density at radius 1 is 0.951 bits per heavy atom. The first-order valence-electron chi connectivity index (χ1n) is 15.8. The van der Waals surface area contributed by atoms with E-state index in [0.717, 1.165) is 30.8 Å². The van der Waals surface area contributed by atoms with E-state index in [1.807, 2.05) is 17.0 Å². The van der Waals surface area contributed by atoms with Crippen molar-refractivity contribution in [2.24, 2.45) is 5.41 Å². The second kappa shape index (κ2) is 13.0. The Hall–Kier alpha value is -2.81. The van der Waals surface area contributed by atoms with Gasteiger partial charge in [0, 0.05) is 50.5 Å². The molecular formula is C33H47N7O. The first-order valence-corrected chi connectivity index (χ1v) is 15.8. The molecule has 1 N–H and O–H groups in total. The largest absolute Gasteiger partial charge is 0.348 e. The molecule has 41 heavy (non-hydrogen) atoms. The molecular weight excluding hydrogens is 510 g/mol. The number of nitrogens with one attached hydrogen (secondary N) is 1. The van der Waals surface area contributed by atoms with Gasteiger partial charge < -0.3 is 14.5 Å². The van der Waals surface area contributed by atoms with Gasteiger partial charge in [0.2, 0.25) is 0 Å². The quantitative estimate of drug-likeness (QED) is 0.357. The number of hydrogen-bond acceptors (Lipinski definition) is 6. The maximum absolute atomic E-state index is 11.7. The predicted octanol–water partition coefficient (Wildman–Crippen LogP) is 5.02. The molecule has 0 unspecified atom stereocenters. The summed E-state index contributed by atoms with van der Waals surface area (Å²) in [5.41, 5.74) is 3.23. The number of ketones is 1. The van der Waals surface area contributed by atoms with Gasteiger partial charge in [0.05, 0.1) is 19.6 Å². The van der Waals surface area contributed by atoms with Crippen LogP contribution in [0.25, 0.3) is 0 Å². The van der Waals surface area contributed by atoms with Crippen LogP contribution in [0.2, 0.25) is 0 Å². The van der Waals surface area contributed by atoms with Gasteiger partial charge in [-0.1, -0.05) is 43.5 Å². The van der Waals surface area contributed by atoms with Crippen LogP contribution in [0.1, 0.15) is 81.1 Å². The molecule has 8 nitrogen and oxygen atoms in total. The van der Waals surface area contributed by atoms with E-state index in [4.69, 9.17) is 0 Å². The van der Waals surface area contributed by atoms with Gasteiger partial charge in [-0.15, -0.1) is 0 Å². The molecule has 8 heteroatoms. The molecule has 0 amide bonds. The monoisotopic (exact) mass is 557 g/mol. The van der Waals surface area contributed by atoms with Crippen LogP contribution in [0.4, 0.5) is 0 Å². The smallest absolute Gasteiger partial charge is 0.149 e. The average molecular weight is 558 g/mol. The molecule has 2 aromatic heterocycles. The van der Waals surface area contributed by atoms with E-state index in [-0.39, 0.29) is 5.78 Å². The molecule has 4 heterocycles. The third-order valence-corrected chi connectivity index (χ3v) is 9.79. The van der Waals surface area contributed by atoms with E-state index < -0.39 is 0 Å². The zero-order chi connectivity index (χ0) is 28.1. The molecule has 3 aliphatic rings. The van der Waals surface area contributed by atoms with Crippen molar-refractivity contribution in [3.63, 3.8) is 0 Å². The molecule has 220 valence electrons. The Bertz CT molecular complexity index is 1240. The number of benzene rings is 1. The van der Waals surface area contributed by atoms with Crippen molar-refractivity contribution in [2.45, 2.75) is 97.1 Å². The number of nitrogens with zero attached hydrogens (tertiary/aromatic N) is 6. The Balaban J connectivity index is 1.03. The molecule has 2 aliphatic heterocycles. The summed E-state index contributed by atoms with van der Waals surface area (Å²) in [6, 6.07) is 10.1. The van der Waals surface area contributed by atoms with E-state index in [2.05, 4.69) is 53.9 Å². The maximum atomic E-state index is 11.7. The fourth-order valence-corrected chi connectivity index (χ4v) is 7.49. The fraction of sp³-hybridized carbons (Fsp3) is 0.606. The number of carbonyl (C=O) groups excluding carboxylic acids is 1. The molecule has 3 aromatic rings. The van der Waals surface area contributed by atoms with Crippen molar-refractivity contribution in [3.05, 3.63) is 71.8 Å². The lowest BCUT2D eigenvalue weighted by Crippen LogP contribution is -2.46. The zero-order valence-corrected chi connectivity index (χ0v) is 24.8. The topological polar surface area (TPSA) is 73.3 Å². The molecule has 1 spiro atoms. The minimum atomic E-state index is 0.131. The van der Waals surface area contributed by atoms with Crippen LogP contribution in [0.15, 0.2) is 49.1 Å². The molecule has 6 rings (SSSR count). The van der Waals surface area contributed by atoms with Gasteiger partial charge >= 0.3 is 0 Å². The number of H-pyrrole nitrogens is 1. The van der Waals surface area contributed by atoms with Crippen LogP contribution in [-0.4, -0.2) is 72.2 Å². The summed E-state index contributed by atoms with van der Waals surface area (Å²) in [5, 5.41) is 0. The first kappa shape index (κ1) is 28.3. The zero-order valence-electron chi connectivity index (χ0n) is 24.8. The second-order valence-electron chi connectivity index (χ2n) is 13.0. The van der Waals surface area contributed by atoms with Gasteiger partial charge in [-0.25, -0.2) is 9.97 Å². The van der Waals surface area contributed by atoms with Crippen LogP contribution < -0.4 is 0 Å².